The van der Waals surface area contributed by atoms with Gasteiger partial charge in [-0.1, -0.05) is 43.0 Å². The molecule has 0 aliphatic carbocycles. The molecule has 2 heterocycles. The van der Waals surface area contributed by atoms with Crippen LogP contribution in [0.3, 0.4) is 0 Å². The van der Waals surface area contributed by atoms with E-state index in [-0.39, 0.29) is 0 Å². The summed E-state index contributed by atoms with van der Waals surface area (Å²) in [5.41, 5.74) is 3.65. The summed E-state index contributed by atoms with van der Waals surface area (Å²) in [6, 6.07) is 10.5. The molecule has 21 heavy (non-hydrogen) atoms. The van der Waals surface area contributed by atoms with E-state index in [9.17, 15) is 0 Å². The highest BCUT2D eigenvalue weighted by Gasteiger charge is 2.10. The summed E-state index contributed by atoms with van der Waals surface area (Å²) >= 11 is 0. The van der Waals surface area contributed by atoms with Crippen LogP contribution in [0.5, 0.6) is 0 Å². The Kier molecular flexibility index (Phi) is 4.06. The van der Waals surface area contributed by atoms with Gasteiger partial charge in [0.25, 0.3) is 0 Å². The number of furan rings is 1. The molecular formula is C19H19NO. The van der Waals surface area contributed by atoms with Crippen molar-refractivity contribution in [2.45, 2.75) is 19.4 Å². The van der Waals surface area contributed by atoms with Crippen molar-refractivity contribution in [3.05, 3.63) is 73.9 Å². The summed E-state index contributed by atoms with van der Waals surface area (Å²) in [4.78, 5) is 0. The molecule has 106 valence electrons. The summed E-state index contributed by atoms with van der Waals surface area (Å²) in [6.07, 6.45) is 13.9. The lowest BCUT2D eigenvalue weighted by Crippen LogP contribution is -1.94. The summed E-state index contributed by atoms with van der Waals surface area (Å²) in [5, 5.41) is 1.28. The van der Waals surface area contributed by atoms with Gasteiger partial charge in [0.15, 0.2) is 0 Å². The molecule has 2 nitrogen and oxygen atoms in total. The van der Waals surface area contributed by atoms with Gasteiger partial charge >= 0.3 is 0 Å². The fourth-order valence-corrected chi connectivity index (χ4v) is 2.65. The number of hydrogen-bond acceptors (Lipinski definition) is 1. The second kappa shape index (κ2) is 6.31. The molecule has 0 saturated carbocycles. The number of benzene rings is 1. The quantitative estimate of drug-likeness (QED) is 0.434. The van der Waals surface area contributed by atoms with E-state index < -0.39 is 0 Å². The Bertz CT molecular complexity index is 747. The van der Waals surface area contributed by atoms with Crippen LogP contribution in [-0.4, -0.2) is 4.57 Å². The first-order chi connectivity index (χ1) is 10.4. The lowest BCUT2D eigenvalue weighted by molar-refractivity contribution is 0.568. The van der Waals surface area contributed by atoms with Gasteiger partial charge in [0.2, 0.25) is 0 Å². The van der Waals surface area contributed by atoms with E-state index in [1.165, 1.54) is 16.5 Å². The van der Waals surface area contributed by atoms with Gasteiger partial charge in [-0.25, -0.2) is 0 Å². The number of fused-ring (bicyclic) bond motifs is 1. The van der Waals surface area contributed by atoms with Gasteiger partial charge in [0.05, 0.1) is 12.5 Å². The molecule has 0 bridgehead atoms. The maximum atomic E-state index is 5.22. The molecule has 0 radical (unpaired) electrons. The number of aryl methyl sites for hydroxylation is 1. The summed E-state index contributed by atoms with van der Waals surface area (Å²) in [6.45, 7) is 4.70. The van der Waals surface area contributed by atoms with Crippen molar-refractivity contribution in [2.24, 2.45) is 0 Å². The Balaban J connectivity index is 1.89. The second-order valence-electron chi connectivity index (χ2n) is 5.07. The van der Waals surface area contributed by atoms with E-state index >= 15 is 0 Å². The van der Waals surface area contributed by atoms with Crippen molar-refractivity contribution in [3.63, 3.8) is 0 Å². The Morgan fingerprint density at radius 3 is 2.90 bits per heavy atom. The highest BCUT2D eigenvalue weighted by atomic mass is 16.3. The van der Waals surface area contributed by atoms with E-state index in [0.717, 1.165) is 24.9 Å². The highest BCUT2D eigenvalue weighted by molar-refractivity contribution is 5.95. The fourth-order valence-electron chi connectivity index (χ4n) is 2.65. The molecule has 1 aromatic carbocycles. The molecule has 0 N–H and O–H groups in total. The minimum absolute atomic E-state index is 1.01. The van der Waals surface area contributed by atoms with E-state index in [0.29, 0.717) is 0 Å². The molecule has 2 heteroatoms. The zero-order valence-electron chi connectivity index (χ0n) is 12.0. The van der Waals surface area contributed by atoms with Gasteiger partial charge < -0.3 is 8.98 Å². The standard InChI is InChI=1S/C19H19NO/c1-2-3-4-5-8-12-20-14-18(16-11-13-21-15-16)17-9-6-7-10-19(17)20/h2-4,6-7,9-11,13-15H,1,5,8,12H2/b4-3+. The molecule has 0 saturated heterocycles. The van der Waals surface area contributed by atoms with Crippen molar-refractivity contribution in [3.8, 4) is 11.1 Å². The van der Waals surface area contributed by atoms with Crippen LogP contribution in [-0.2, 0) is 6.54 Å². The monoisotopic (exact) mass is 277 g/mol. The maximum absolute atomic E-state index is 5.22. The molecule has 0 spiro atoms. The minimum Gasteiger partial charge on any atom is -0.472 e. The van der Waals surface area contributed by atoms with Crippen molar-refractivity contribution in [1.29, 1.82) is 0 Å². The number of nitrogens with zero attached hydrogens (tertiary/aromatic N) is 1. The summed E-state index contributed by atoms with van der Waals surface area (Å²) in [7, 11) is 0. The van der Waals surface area contributed by atoms with E-state index in [1.54, 1.807) is 12.5 Å². The zero-order chi connectivity index (χ0) is 14.5. The first-order valence-electron chi connectivity index (χ1n) is 7.28. The predicted molar refractivity (Wildman–Crippen MR) is 88.2 cm³/mol. The van der Waals surface area contributed by atoms with Gasteiger partial charge in [-0.05, 0) is 25.0 Å². The maximum Gasteiger partial charge on any atom is 0.0981 e. The fraction of sp³-hybridized carbons (Fsp3) is 0.158. The third-order valence-corrected chi connectivity index (χ3v) is 3.66. The molecule has 0 amide bonds. The molecule has 3 rings (SSSR count). The van der Waals surface area contributed by atoms with Gasteiger partial charge in [0.1, 0.15) is 0 Å². The van der Waals surface area contributed by atoms with Crippen LogP contribution >= 0.6 is 0 Å². The molecule has 0 atom stereocenters. The minimum atomic E-state index is 1.01. The molecule has 0 fully saturated rings. The average molecular weight is 277 g/mol. The molecule has 3 aromatic rings. The van der Waals surface area contributed by atoms with Crippen LogP contribution in [0.1, 0.15) is 12.8 Å². The zero-order valence-corrected chi connectivity index (χ0v) is 12.0. The van der Waals surface area contributed by atoms with Crippen LogP contribution in [0.2, 0.25) is 0 Å². The average Bonchev–Trinajstić information content (AvgIpc) is 3.15. The van der Waals surface area contributed by atoms with E-state index in [1.807, 2.05) is 18.2 Å². The Hall–Kier alpha value is -2.48. The molecular weight excluding hydrogens is 258 g/mol. The van der Waals surface area contributed by atoms with Crippen LogP contribution in [0.15, 0.2) is 78.3 Å². The Labute approximate surface area is 125 Å². The number of para-hydroxylation sites is 1. The number of unbranched alkanes of at least 4 members (excludes halogenated alkanes) is 1. The normalized spacial score (nSPS) is 11.4. The highest BCUT2D eigenvalue weighted by Crippen LogP contribution is 2.31. The Morgan fingerprint density at radius 2 is 2.10 bits per heavy atom. The number of aromatic nitrogens is 1. The van der Waals surface area contributed by atoms with Gasteiger partial charge in [-0.3, -0.25) is 0 Å². The second-order valence-corrected chi connectivity index (χ2v) is 5.07. The first-order valence-corrected chi connectivity index (χ1v) is 7.28. The first kappa shape index (κ1) is 13.5. The van der Waals surface area contributed by atoms with Gasteiger partial charge in [-0.15, -0.1) is 0 Å². The number of allylic oxidation sites excluding steroid dienone is 3. The van der Waals surface area contributed by atoms with Crippen LogP contribution in [0.4, 0.5) is 0 Å². The summed E-state index contributed by atoms with van der Waals surface area (Å²) < 4.78 is 7.56. The number of rotatable bonds is 6. The van der Waals surface area contributed by atoms with Crippen molar-refractivity contribution >= 4 is 10.9 Å². The predicted octanol–water partition coefficient (Wildman–Crippen LogP) is 5.42. The van der Waals surface area contributed by atoms with Crippen LogP contribution < -0.4 is 0 Å². The van der Waals surface area contributed by atoms with E-state index in [2.05, 4.69) is 47.7 Å². The van der Waals surface area contributed by atoms with Crippen LogP contribution in [0, 0.1) is 0 Å². The topological polar surface area (TPSA) is 18.1 Å². The lowest BCUT2D eigenvalue weighted by Gasteiger charge is -2.03. The summed E-state index contributed by atoms with van der Waals surface area (Å²) in [5.74, 6) is 0. The third kappa shape index (κ3) is 2.84. The van der Waals surface area contributed by atoms with Crippen molar-refractivity contribution in [1.82, 2.24) is 4.57 Å². The van der Waals surface area contributed by atoms with Crippen molar-refractivity contribution < 1.29 is 4.42 Å². The smallest absolute Gasteiger partial charge is 0.0981 e. The Morgan fingerprint density at radius 1 is 1.19 bits per heavy atom. The van der Waals surface area contributed by atoms with Crippen molar-refractivity contribution in [2.75, 3.05) is 0 Å². The van der Waals surface area contributed by atoms with Gasteiger partial charge in [-0.2, -0.15) is 0 Å². The van der Waals surface area contributed by atoms with Gasteiger partial charge in [0, 0.05) is 34.8 Å². The SMILES string of the molecule is C=C/C=C/CCCn1cc(-c2ccoc2)c2ccccc21. The number of hydrogen-bond donors (Lipinski definition) is 0. The molecule has 0 unspecified atom stereocenters. The molecule has 2 aromatic heterocycles. The molecule has 0 aliphatic heterocycles. The largest absolute Gasteiger partial charge is 0.472 e. The van der Waals surface area contributed by atoms with Crippen LogP contribution in [0.25, 0.3) is 22.0 Å². The third-order valence-electron chi connectivity index (χ3n) is 3.66. The lowest BCUT2D eigenvalue weighted by atomic mass is 10.1. The molecule has 0 aliphatic rings. The van der Waals surface area contributed by atoms with E-state index in [4.69, 9.17) is 4.42 Å².